The standard InChI is InChI=1S/C4H7NO2/c1-6-4(3-5)7-2/h4H,1-2H3. The maximum Gasteiger partial charge on any atom is 0.247 e. The van der Waals surface area contributed by atoms with Gasteiger partial charge in [0.1, 0.15) is 6.07 Å². The van der Waals surface area contributed by atoms with Crippen molar-refractivity contribution in [2.75, 3.05) is 14.2 Å². The van der Waals surface area contributed by atoms with Crippen molar-refractivity contribution in [2.45, 2.75) is 6.29 Å². The molecule has 0 amide bonds. The lowest BCUT2D eigenvalue weighted by molar-refractivity contribution is -0.0609. The van der Waals surface area contributed by atoms with Crippen molar-refractivity contribution in [3.63, 3.8) is 0 Å². The summed E-state index contributed by atoms with van der Waals surface area (Å²) in [5.74, 6) is 0. The SMILES string of the molecule is COC(C#N)OC. The molecule has 3 heteroatoms. The molecular formula is C4H7NO2. The minimum Gasteiger partial charge on any atom is -0.344 e. The summed E-state index contributed by atoms with van der Waals surface area (Å²) in [5, 5.41) is 8.03. The topological polar surface area (TPSA) is 42.2 Å². The average molecular weight is 101 g/mol. The van der Waals surface area contributed by atoms with Crippen molar-refractivity contribution in [1.29, 1.82) is 5.26 Å². The zero-order valence-electron chi connectivity index (χ0n) is 4.34. The van der Waals surface area contributed by atoms with Gasteiger partial charge in [0.05, 0.1) is 0 Å². The summed E-state index contributed by atoms with van der Waals surface area (Å²) in [6.07, 6.45) is -0.708. The van der Waals surface area contributed by atoms with E-state index >= 15 is 0 Å². The fraction of sp³-hybridized carbons (Fsp3) is 0.750. The largest absolute Gasteiger partial charge is 0.344 e. The summed E-state index contributed by atoms with van der Waals surface area (Å²) in [4.78, 5) is 0. The number of nitrogens with zero attached hydrogens (tertiary/aromatic N) is 1. The molecule has 0 aliphatic carbocycles. The zero-order chi connectivity index (χ0) is 5.70. The highest BCUT2D eigenvalue weighted by molar-refractivity contribution is 4.73. The van der Waals surface area contributed by atoms with Crippen LogP contribution in [0.1, 0.15) is 0 Å². The first kappa shape index (κ1) is 6.41. The molecule has 0 saturated heterocycles. The Morgan fingerprint density at radius 3 is 1.86 bits per heavy atom. The quantitative estimate of drug-likeness (QED) is 0.464. The molecule has 0 spiro atoms. The molecule has 40 valence electrons. The van der Waals surface area contributed by atoms with Crippen LogP contribution in [-0.4, -0.2) is 20.5 Å². The third-order valence-corrected chi connectivity index (χ3v) is 0.534. The maximum atomic E-state index is 8.03. The molecule has 0 radical (unpaired) electrons. The molecule has 0 bridgehead atoms. The van der Waals surface area contributed by atoms with Gasteiger partial charge in [-0.2, -0.15) is 5.26 Å². The van der Waals surface area contributed by atoms with Crippen LogP contribution in [0.15, 0.2) is 0 Å². The molecule has 3 nitrogen and oxygen atoms in total. The van der Waals surface area contributed by atoms with Gasteiger partial charge in [0.25, 0.3) is 0 Å². The lowest BCUT2D eigenvalue weighted by atomic mass is 10.7. The molecular weight excluding hydrogens is 94.0 g/mol. The van der Waals surface area contributed by atoms with Crippen LogP contribution < -0.4 is 0 Å². The van der Waals surface area contributed by atoms with E-state index in [0.717, 1.165) is 0 Å². The van der Waals surface area contributed by atoms with E-state index in [0.29, 0.717) is 0 Å². The molecule has 7 heavy (non-hydrogen) atoms. The van der Waals surface area contributed by atoms with E-state index in [1.807, 2.05) is 0 Å². The van der Waals surface area contributed by atoms with Gasteiger partial charge in [-0.3, -0.25) is 0 Å². The normalized spacial score (nSPS) is 8.86. The Bertz CT molecular complexity index is 72.2. The van der Waals surface area contributed by atoms with Crippen molar-refractivity contribution >= 4 is 0 Å². The van der Waals surface area contributed by atoms with Crippen molar-refractivity contribution in [2.24, 2.45) is 0 Å². The minimum atomic E-state index is -0.708. The van der Waals surface area contributed by atoms with Gasteiger partial charge < -0.3 is 9.47 Å². The van der Waals surface area contributed by atoms with Gasteiger partial charge in [-0.15, -0.1) is 0 Å². The maximum absolute atomic E-state index is 8.03. The van der Waals surface area contributed by atoms with Gasteiger partial charge in [-0.05, 0) is 0 Å². The van der Waals surface area contributed by atoms with E-state index in [4.69, 9.17) is 5.26 Å². The van der Waals surface area contributed by atoms with Crippen molar-refractivity contribution < 1.29 is 9.47 Å². The Morgan fingerprint density at radius 2 is 1.86 bits per heavy atom. The summed E-state index contributed by atoms with van der Waals surface area (Å²) >= 11 is 0. The van der Waals surface area contributed by atoms with Gasteiger partial charge in [0.15, 0.2) is 0 Å². The van der Waals surface area contributed by atoms with Gasteiger partial charge in [-0.25, -0.2) is 0 Å². The molecule has 0 saturated carbocycles. The summed E-state index contributed by atoms with van der Waals surface area (Å²) in [5.41, 5.74) is 0. The van der Waals surface area contributed by atoms with E-state index in [1.165, 1.54) is 14.2 Å². The van der Waals surface area contributed by atoms with E-state index in [1.54, 1.807) is 6.07 Å². The van der Waals surface area contributed by atoms with Crippen LogP contribution in [0.5, 0.6) is 0 Å². The van der Waals surface area contributed by atoms with Crippen LogP contribution in [0.2, 0.25) is 0 Å². The fourth-order valence-electron chi connectivity index (χ4n) is 0.202. The Labute approximate surface area is 42.5 Å². The highest BCUT2D eigenvalue weighted by Crippen LogP contribution is 1.83. The van der Waals surface area contributed by atoms with Crippen molar-refractivity contribution in [3.8, 4) is 6.07 Å². The molecule has 0 N–H and O–H groups in total. The lowest BCUT2D eigenvalue weighted by Gasteiger charge is -1.99. The number of ether oxygens (including phenoxy) is 2. The second kappa shape index (κ2) is 3.59. The lowest BCUT2D eigenvalue weighted by Crippen LogP contribution is -2.08. The molecule has 0 fully saturated rings. The highest BCUT2D eigenvalue weighted by atomic mass is 16.7. The number of hydrogen-bond acceptors (Lipinski definition) is 3. The van der Waals surface area contributed by atoms with Crippen LogP contribution in [0.4, 0.5) is 0 Å². The summed E-state index contributed by atoms with van der Waals surface area (Å²) in [7, 11) is 2.83. The number of hydrogen-bond donors (Lipinski definition) is 0. The third kappa shape index (κ3) is 2.15. The van der Waals surface area contributed by atoms with Crippen LogP contribution in [0.25, 0.3) is 0 Å². The van der Waals surface area contributed by atoms with Gasteiger partial charge in [0.2, 0.25) is 6.29 Å². The third-order valence-electron chi connectivity index (χ3n) is 0.534. The Balaban J connectivity index is 3.23. The van der Waals surface area contributed by atoms with Crippen molar-refractivity contribution in [1.82, 2.24) is 0 Å². The first-order valence-electron chi connectivity index (χ1n) is 1.80. The van der Waals surface area contributed by atoms with Crippen LogP contribution in [0, 0.1) is 11.3 Å². The molecule has 0 aromatic rings. The predicted molar refractivity (Wildman–Crippen MR) is 23.4 cm³/mol. The molecule has 0 heterocycles. The molecule has 0 aliphatic heterocycles. The van der Waals surface area contributed by atoms with E-state index in [-0.39, 0.29) is 0 Å². The van der Waals surface area contributed by atoms with Crippen LogP contribution in [0.3, 0.4) is 0 Å². The molecule has 0 rings (SSSR count). The first-order valence-corrected chi connectivity index (χ1v) is 1.80. The minimum absolute atomic E-state index is 0.708. The predicted octanol–water partition coefficient (Wildman–Crippen LogP) is 0.129. The van der Waals surface area contributed by atoms with Gasteiger partial charge in [0, 0.05) is 14.2 Å². The van der Waals surface area contributed by atoms with Gasteiger partial charge in [-0.1, -0.05) is 0 Å². The molecule has 0 aromatic carbocycles. The van der Waals surface area contributed by atoms with E-state index < -0.39 is 6.29 Å². The number of methoxy groups -OCH3 is 2. The number of rotatable bonds is 2. The molecule has 0 aromatic heterocycles. The monoisotopic (exact) mass is 101 g/mol. The molecule has 0 unspecified atom stereocenters. The molecule has 0 aliphatic rings. The average Bonchev–Trinajstić information content (AvgIpc) is 1.72. The van der Waals surface area contributed by atoms with Gasteiger partial charge >= 0.3 is 0 Å². The Hall–Kier alpha value is -0.590. The zero-order valence-corrected chi connectivity index (χ0v) is 4.34. The smallest absolute Gasteiger partial charge is 0.247 e. The van der Waals surface area contributed by atoms with E-state index in [9.17, 15) is 0 Å². The second-order valence-electron chi connectivity index (χ2n) is 0.932. The first-order chi connectivity index (χ1) is 3.35. The Morgan fingerprint density at radius 1 is 1.43 bits per heavy atom. The second-order valence-corrected chi connectivity index (χ2v) is 0.932. The summed E-state index contributed by atoms with van der Waals surface area (Å²) in [6.45, 7) is 0. The van der Waals surface area contributed by atoms with E-state index in [2.05, 4.69) is 9.47 Å². The Kier molecular flexibility index (Phi) is 3.29. The summed E-state index contributed by atoms with van der Waals surface area (Å²) in [6, 6.07) is 1.76. The summed E-state index contributed by atoms with van der Waals surface area (Å²) < 4.78 is 8.93. The number of nitriles is 1. The highest BCUT2D eigenvalue weighted by Gasteiger charge is 1.96. The van der Waals surface area contributed by atoms with Crippen LogP contribution in [-0.2, 0) is 9.47 Å². The fourth-order valence-corrected chi connectivity index (χ4v) is 0.202. The van der Waals surface area contributed by atoms with Crippen LogP contribution >= 0.6 is 0 Å². The van der Waals surface area contributed by atoms with Crippen molar-refractivity contribution in [3.05, 3.63) is 0 Å². The molecule has 0 atom stereocenters.